The summed E-state index contributed by atoms with van der Waals surface area (Å²) in [6.07, 6.45) is 5.62. The van der Waals surface area contributed by atoms with E-state index < -0.39 is 5.54 Å². The summed E-state index contributed by atoms with van der Waals surface area (Å²) in [4.78, 5) is 12.8. The van der Waals surface area contributed by atoms with Crippen LogP contribution in [0.25, 0.3) is 6.08 Å². The first-order valence-electron chi connectivity index (χ1n) is 9.08. The van der Waals surface area contributed by atoms with E-state index >= 15 is 0 Å². The van der Waals surface area contributed by atoms with Crippen molar-refractivity contribution in [3.63, 3.8) is 0 Å². The molecule has 1 N–H and O–H groups in total. The van der Waals surface area contributed by atoms with Crippen LogP contribution in [0.4, 0.5) is 5.69 Å². The van der Waals surface area contributed by atoms with Gasteiger partial charge in [0, 0.05) is 19.2 Å². The Kier molecular flexibility index (Phi) is 5.10. The maximum absolute atomic E-state index is 12.8. The van der Waals surface area contributed by atoms with Gasteiger partial charge >= 0.3 is 5.97 Å². The van der Waals surface area contributed by atoms with Gasteiger partial charge in [-0.15, -0.1) is 0 Å². The summed E-state index contributed by atoms with van der Waals surface area (Å²) < 4.78 is 7.58. The lowest BCUT2D eigenvalue weighted by Gasteiger charge is -2.45. The number of hydrogen-bond acceptors (Lipinski definition) is 3. The number of hydrogen-bond donors (Lipinski definition) is 1. The third-order valence-electron chi connectivity index (χ3n) is 5.96. The Labute approximate surface area is 181 Å². The van der Waals surface area contributed by atoms with Crippen LogP contribution in [-0.2, 0) is 14.9 Å². The van der Waals surface area contributed by atoms with Gasteiger partial charge in [0.25, 0.3) is 0 Å². The summed E-state index contributed by atoms with van der Waals surface area (Å²) in [5, 5.41) is 3.50. The first kappa shape index (κ1) is 19.0. The minimum atomic E-state index is -0.685. The molecule has 5 heteroatoms. The van der Waals surface area contributed by atoms with E-state index in [4.69, 9.17) is 4.74 Å². The zero-order valence-corrected chi connectivity index (χ0v) is 18.8. The fourth-order valence-electron chi connectivity index (χ4n) is 4.49. The molecule has 0 unspecified atom stereocenters. The molecule has 0 aliphatic heterocycles. The molecular weight excluding hydrogens is 517 g/mol. The van der Waals surface area contributed by atoms with Crippen molar-refractivity contribution in [3.05, 3.63) is 67.7 Å². The van der Waals surface area contributed by atoms with Crippen LogP contribution in [0.5, 0.6) is 0 Å². The van der Waals surface area contributed by atoms with E-state index in [1.165, 1.54) is 21.8 Å². The number of fused-ring (bicyclic) bond motifs is 2. The van der Waals surface area contributed by atoms with Gasteiger partial charge in [0.1, 0.15) is 5.54 Å². The normalized spacial score (nSPS) is 26.4. The molecule has 2 aromatic rings. The zero-order valence-electron chi connectivity index (χ0n) is 15.1. The Hall–Kier alpha value is -1.34. The average molecular weight is 538 g/mol. The molecule has 140 valence electrons. The van der Waals surface area contributed by atoms with Gasteiger partial charge in [-0.25, -0.2) is 4.79 Å². The molecule has 0 amide bonds. The van der Waals surface area contributed by atoms with Crippen molar-refractivity contribution < 1.29 is 9.53 Å². The number of methoxy groups -OCH3 is 1. The number of allylic oxidation sites excluding steroid dienone is 1. The quantitative estimate of drug-likeness (QED) is 0.381. The lowest BCUT2D eigenvalue weighted by atomic mass is 9.65. The number of carbonyl (C=O) groups excluding carboxylic acids is 1. The van der Waals surface area contributed by atoms with E-state index in [-0.39, 0.29) is 11.4 Å². The van der Waals surface area contributed by atoms with E-state index in [1.807, 2.05) is 24.3 Å². The predicted octanol–water partition coefficient (Wildman–Crippen LogP) is 6.07. The average Bonchev–Trinajstić information content (AvgIpc) is 2.95. The Morgan fingerprint density at radius 2 is 1.85 bits per heavy atom. The van der Waals surface area contributed by atoms with Crippen LogP contribution in [0.15, 0.2) is 56.6 Å². The van der Waals surface area contributed by atoms with Gasteiger partial charge in [-0.1, -0.05) is 46.3 Å². The van der Waals surface area contributed by atoms with Crippen molar-refractivity contribution in [2.45, 2.75) is 36.6 Å². The van der Waals surface area contributed by atoms with E-state index in [0.717, 1.165) is 35.8 Å². The molecule has 0 saturated heterocycles. The first-order chi connectivity index (χ1) is 13.0. The number of carbonyl (C=O) groups is 1. The third kappa shape index (κ3) is 3.23. The van der Waals surface area contributed by atoms with Crippen LogP contribution >= 0.6 is 38.5 Å². The van der Waals surface area contributed by atoms with Crippen LogP contribution in [0.2, 0.25) is 0 Å². The van der Waals surface area contributed by atoms with Crippen molar-refractivity contribution >= 4 is 56.3 Å². The number of nitrogens with one attached hydrogen (secondary N) is 1. The lowest BCUT2D eigenvalue weighted by molar-refractivity contribution is -0.147. The molecule has 27 heavy (non-hydrogen) atoms. The molecule has 2 aromatic carbocycles. The highest BCUT2D eigenvalue weighted by molar-refractivity contribution is 14.1. The molecule has 4 rings (SSSR count). The van der Waals surface area contributed by atoms with Crippen LogP contribution in [0.3, 0.4) is 0 Å². The highest BCUT2D eigenvalue weighted by Gasteiger charge is 2.51. The van der Waals surface area contributed by atoms with Gasteiger partial charge in [-0.3, -0.25) is 0 Å². The maximum Gasteiger partial charge on any atom is 0.331 e. The third-order valence-corrected chi connectivity index (χ3v) is 7.79. The summed E-state index contributed by atoms with van der Waals surface area (Å²) in [6, 6.07) is 16.6. The minimum absolute atomic E-state index is 0.0353. The lowest BCUT2D eigenvalue weighted by Crippen LogP contribution is -2.52. The molecule has 1 fully saturated rings. The van der Waals surface area contributed by atoms with E-state index in [2.05, 4.69) is 74.2 Å². The standard InChI is InChI=1S/C22H21BrINO2/c1-27-20(26)22(25-17-7-4-6-16(23)14-17)11-9-21(10-12-22)18-8-3-2-5-15(18)13-19(21)24/h2-8,13-14,25H,9-12H2,1H3. The fourth-order valence-corrected chi connectivity index (χ4v) is 6.06. The number of ether oxygens (including phenoxy) is 1. The van der Waals surface area contributed by atoms with Gasteiger partial charge in [0.05, 0.1) is 7.11 Å². The number of anilines is 1. The van der Waals surface area contributed by atoms with E-state index in [9.17, 15) is 4.79 Å². The highest BCUT2D eigenvalue weighted by atomic mass is 127. The molecule has 0 aromatic heterocycles. The number of halogens is 2. The summed E-state index contributed by atoms with van der Waals surface area (Å²) in [5.74, 6) is -0.178. The maximum atomic E-state index is 12.8. The second kappa shape index (κ2) is 7.24. The van der Waals surface area contributed by atoms with Gasteiger partial charge in [0.15, 0.2) is 0 Å². The molecule has 1 saturated carbocycles. The smallest absolute Gasteiger partial charge is 0.331 e. The Morgan fingerprint density at radius 3 is 2.56 bits per heavy atom. The predicted molar refractivity (Wildman–Crippen MR) is 121 cm³/mol. The summed E-state index contributed by atoms with van der Waals surface area (Å²) in [5.41, 5.74) is 2.99. The van der Waals surface area contributed by atoms with Crippen molar-refractivity contribution in [3.8, 4) is 0 Å². The molecule has 1 spiro atoms. The Bertz CT molecular complexity index is 916. The molecule has 2 aliphatic rings. The number of rotatable bonds is 3. The van der Waals surface area contributed by atoms with Crippen molar-refractivity contribution in [1.29, 1.82) is 0 Å². The van der Waals surface area contributed by atoms with Crippen molar-refractivity contribution in [1.82, 2.24) is 0 Å². The summed E-state index contributed by atoms with van der Waals surface area (Å²) >= 11 is 5.99. The van der Waals surface area contributed by atoms with Crippen molar-refractivity contribution in [2.24, 2.45) is 0 Å². The van der Waals surface area contributed by atoms with Gasteiger partial charge in [-0.05, 0) is 83.7 Å². The monoisotopic (exact) mass is 537 g/mol. The second-order valence-corrected chi connectivity index (χ2v) is 9.45. The molecule has 0 atom stereocenters. The van der Waals surface area contributed by atoms with Gasteiger partial charge < -0.3 is 10.1 Å². The molecule has 0 radical (unpaired) electrons. The van der Waals surface area contributed by atoms with Crippen LogP contribution in [-0.4, -0.2) is 18.6 Å². The topological polar surface area (TPSA) is 38.3 Å². The zero-order chi connectivity index (χ0) is 19.1. The largest absolute Gasteiger partial charge is 0.467 e. The first-order valence-corrected chi connectivity index (χ1v) is 11.0. The Balaban J connectivity index is 1.64. The minimum Gasteiger partial charge on any atom is -0.467 e. The summed E-state index contributed by atoms with van der Waals surface area (Å²) in [6.45, 7) is 0. The van der Waals surface area contributed by atoms with Gasteiger partial charge in [0.2, 0.25) is 0 Å². The van der Waals surface area contributed by atoms with E-state index in [0.29, 0.717) is 0 Å². The SMILES string of the molecule is COC(=O)C1(Nc2cccc(Br)c2)CCC2(CC1)C(I)=Cc1ccccc12. The fraction of sp³-hybridized carbons (Fsp3) is 0.318. The number of esters is 1. The Morgan fingerprint density at radius 1 is 1.11 bits per heavy atom. The number of benzene rings is 2. The highest BCUT2D eigenvalue weighted by Crippen LogP contribution is 2.55. The van der Waals surface area contributed by atoms with Crippen molar-refractivity contribution in [2.75, 3.05) is 12.4 Å². The van der Waals surface area contributed by atoms with Crippen LogP contribution < -0.4 is 5.32 Å². The van der Waals surface area contributed by atoms with E-state index in [1.54, 1.807) is 0 Å². The van der Waals surface area contributed by atoms with Crippen LogP contribution in [0, 0.1) is 0 Å². The molecule has 2 aliphatic carbocycles. The summed E-state index contributed by atoms with van der Waals surface area (Å²) in [7, 11) is 1.48. The van der Waals surface area contributed by atoms with Gasteiger partial charge in [-0.2, -0.15) is 0 Å². The molecule has 3 nitrogen and oxygen atoms in total. The molecule has 0 heterocycles. The molecular formula is C22H21BrINO2. The second-order valence-electron chi connectivity index (χ2n) is 7.37. The van der Waals surface area contributed by atoms with Crippen LogP contribution in [0.1, 0.15) is 36.8 Å². The molecule has 0 bridgehead atoms.